The van der Waals surface area contributed by atoms with Crippen LogP contribution in [-0.2, 0) is 4.79 Å². The van der Waals surface area contributed by atoms with Crippen LogP contribution >= 0.6 is 24.0 Å². The van der Waals surface area contributed by atoms with Gasteiger partial charge in [-0.3, -0.25) is 14.6 Å². The van der Waals surface area contributed by atoms with E-state index in [1.165, 1.54) is 11.8 Å². The van der Waals surface area contributed by atoms with Gasteiger partial charge in [0.05, 0.1) is 17.8 Å². The molecule has 0 aliphatic carbocycles. The maximum Gasteiger partial charge on any atom is 0.267 e. The third-order valence-corrected chi connectivity index (χ3v) is 4.30. The van der Waals surface area contributed by atoms with Crippen LogP contribution in [-0.4, -0.2) is 39.8 Å². The summed E-state index contributed by atoms with van der Waals surface area (Å²) in [5.74, 6) is 0.627. The van der Waals surface area contributed by atoms with Crippen molar-refractivity contribution in [2.45, 2.75) is 13.8 Å². The molecule has 0 N–H and O–H groups in total. The molecule has 1 amide bonds. The number of carbonyl (C=O) groups is 1. The topological polar surface area (TPSA) is 36.7 Å². The third kappa shape index (κ3) is 3.26. The van der Waals surface area contributed by atoms with Crippen LogP contribution in [0.2, 0.25) is 0 Å². The number of thiocarbonyl (C=S) groups is 1. The molecule has 2 heterocycles. The first-order chi connectivity index (χ1) is 9.15. The highest BCUT2D eigenvalue weighted by Gasteiger charge is 2.32. The second-order valence-corrected chi connectivity index (χ2v) is 5.75. The Balaban J connectivity index is 2.12. The zero-order valence-electron chi connectivity index (χ0n) is 11.0. The third-order valence-electron chi connectivity index (χ3n) is 2.93. The molecular formula is C13H16N2O2S2. The van der Waals surface area contributed by atoms with Gasteiger partial charge in [0.15, 0.2) is 0 Å². The molecule has 19 heavy (non-hydrogen) atoms. The van der Waals surface area contributed by atoms with Gasteiger partial charge in [0, 0.05) is 6.08 Å². The van der Waals surface area contributed by atoms with Crippen LogP contribution in [0.15, 0.2) is 27.7 Å². The van der Waals surface area contributed by atoms with Crippen molar-refractivity contribution in [1.82, 2.24) is 9.80 Å². The lowest BCUT2D eigenvalue weighted by Gasteiger charge is -2.24. The summed E-state index contributed by atoms with van der Waals surface area (Å²) in [6.07, 6.45) is 3.32. The van der Waals surface area contributed by atoms with Crippen molar-refractivity contribution in [3.05, 3.63) is 29.1 Å². The molecule has 0 unspecified atom stereocenters. The molecule has 1 aromatic heterocycles. The quantitative estimate of drug-likeness (QED) is 0.617. The Kier molecular flexibility index (Phi) is 4.79. The van der Waals surface area contributed by atoms with Gasteiger partial charge in [-0.1, -0.05) is 37.8 Å². The van der Waals surface area contributed by atoms with Crippen molar-refractivity contribution in [2.75, 3.05) is 19.8 Å². The van der Waals surface area contributed by atoms with Crippen molar-refractivity contribution in [3.8, 4) is 0 Å². The maximum atomic E-state index is 12.3. The molecular weight excluding hydrogens is 280 g/mol. The summed E-state index contributed by atoms with van der Waals surface area (Å²) in [4.78, 5) is 16.7. The van der Waals surface area contributed by atoms with Crippen LogP contribution in [0.25, 0.3) is 6.08 Å². The van der Waals surface area contributed by atoms with E-state index in [1.54, 1.807) is 23.3 Å². The van der Waals surface area contributed by atoms with E-state index in [2.05, 4.69) is 18.7 Å². The van der Waals surface area contributed by atoms with E-state index >= 15 is 0 Å². The molecule has 0 saturated carbocycles. The van der Waals surface area contributed by atoms with Crippen LogP contribution in [0.4, 0.5) is 0 Å². The molecule has 0 bridgehead atoms. The lowest BCUT2D eigenvalue weighted by molar-refractivity contribution is -0.123. The number of nitrogens with zero attached hydrogens (tertiary/aromatic N) is 2. The first-order valence-corrected chi connectivity index (χ1v) is 7.39. The van der Waals surface area contributed by atoms with E-state index in [-0.39, 0.29) is 5.91 Å². The van der Waals surface area contributed by atoms with Gasteiger partial charge in [0.25, 0.3) is 5.91 Å². The SMILES string of the molecule is CCN(CC)CN1C(=O)/C(=C/c2ccco2)SC1=S. The largest absolute Gasteiger partial charge is 0.465 e. The summed E-state index contributed by atoms with van der Waals surface area (Å²) in [6.45, 7) is 6.47. The molecule has 1 fully saturated rings. The second kappa shape index (κ2) is 6.36. The van der Waals surface area contributed by atoms with Crippen LogP contribution in [0.3, 0.4) is 0 Å². The van der Waals surface area contributed by atoms with Gasteiger partial charge < -0.3 is 4.42 Å². The van der Waals surface area contributed by atoms with Gasteiger partial charge in [-0.05, 0) is 25.2 Å². The lowest BCUT2D eigenvalue weighted by Crippen LogP contribution is -2.40. The zero-order valence-corrected chi connectivity index (χ0v) is 12.6. The van der Waals surface area contributed by atoms with E-state index in [1.807, 2.05) is 6.07 Å². The Morgan fingerprint density at radius 2 is 2.21 bits per heavy atom. The lowest BCUT2D eigenvalue weighted by atomic mass is 10.3. The minimum Gasteiger partial charge on any atom is -0.465 e. The van der Waals surface area contributed by atoms with Crippen molar-refractivity contribution in [1.29, 1.82) is 0 Å². The molecule has 4 nitrogen and oxygen atoms in total. The fourth-order valence-corrected chi connectivity index (χ4v) is 2.97. The molecule has 6 heteroatoms. The molecule has 1 saturated heterocycles. The molecule has 1 aliphatic rings. The number of hydrogen-bond acceptors (Lipinski definition) is 5. The molecule has 0 atom stereocenters. The fraction of sp³-hybridized carbons (Fsp3) is 0.385. The van der Waals surface area contributed by atoms with E-state index in [9.17, 15) is 4.79 Å². The van der Waals surface area contributed by atoms with Gasteiger partial charge in [0.1, 0.15) is 10.1 Å². The standard InChI is InChI=1S/C13H16N2O2S2/c1-3-14(4-2)9-15-12(16)11(19-13(15)18)8-10-6-5-7-17-10/h5-8H,3-4,9H2,1-2H3/b11-8-. The monoisotopic (exact) mass is 296 g/mol. The predicted molar refractivity (Wildman–Crippen MR) is 81.5 cm³/mol. The Morgan fingerprint density at radius 1 is 1.47 bits per heavy atom. The van der Waals surface area contributed by atoms with Gasteiger partial charge in [-0.25, -0.2) is 0 Å². The summed E-state index contributed by atoms with van der Waals surface area (Å²) >= 11 is 6.60. The van der Waals surface area contributed by atoms with Crippen LogP contribution in [0.5, 0.6) is 0 Å². The molecule has 1 aliphatic heterocycles. The average Bonchev–Trinajstić information content (AvgIpc) is 2.99. The number of hydrogen-bond donors (Lipinski definition) is 0. The van der Waals surface area contributed by atoms with E-state index in [0.717, 1.165) is 13.1 Å². The summed E-state index contributed by atoms with van der Waals surface area (Å²) in [7, 11) is 0. The molecule has 0 spiro atoms. The Morgan fingerprint density at radius 3 is 2.79 bits per heavy atom. The first-order valence-electron chi connectivity index (χ1n) is 6.17. The van der Waals surface area contributed by atoms with Gasteiger partial charge in [-0.2, -0.15) is 0 Å². The minimum atomic E-state index is -0.0432. The van der Waals surface area contributed by atoms with Crippen molar-refractivity contribution in [3.63, 3.8) is 0 Å². The summed E-state index contributed by atoms with van der Waals surface area (Å²) in [6, 6.07) is 3.61. The van der Waals surface area contributed by atoms with E-state index < -0.39 is 0 Å². The number of rotatable bonds is 5. The average molecular weight is 296 g/mol. The Bertz CT molecular complexity index is 493. The second-order valence-electron chi connectivity index (χ2n) is 4.07. The van der Waals surface area contributed by atoms with Gasteiger partial charge in [0.2, 0.25) is 0 Å². The smallest absolute Gasteiger partial charge is 0.267 e. The van der Waals surface area contributed by atoms with E-state index in [4.69, 9.17) is 16.6 Å². The first kappa shape index (κ1) is 14.3. The molecule has 0 radical (unpaired) electrons. The maximum absolute atomic E-state index is 12.3. The van der Waals surface area contributed by atoms with E-state index in [0.29, 0.717) is 21.7 Å². The number of thioether (sulfide) groups is 1. The summed E-state index contributed by atoms with van der Waals surface area (Å²) in [5, 5.41) is 0. The highest BCUT2D eigenvalue weighted by Crippen LogP contribution is 2.32. The summed E-state index contributed by atoms with van der Waals surface area (Å²) < 4.78 is 5.83. The highest BCUT2D eigenvalue weighted by molar-refractivity contribution is 8.26. The van der Waals surface area contributed by atoms with Gasteiger partial charge >= 0.3 is 0 Å². The zero-order chi connectivity index (χ0) is 13.8. The van der Waals surface area contributed by atoms with Crippen molar-refractivity contribution >= 4 is 40.3 Å². The molecule has 2 rings (SSSR count). The Hall–Kier alpha value is -1.11. The van der Waals surface area contributed by atoms with Crippen molar-refractivity contribution in [2.24, 2.45) is 0 Å². The Labute approximate surface area is 122 Å². The van der Waals surface area contributed by atoms with Gasteiger partial charge in [-0.15, -0.1) is 0 Å². The minimum absolute atomic E-state index is 0.0432. The normalized spacial score (nSPS) is 18.1. The summed E-state index contributed by atoms with van der Waals surface area (Å²) in [5.41, 5.74) is 0. The molecule has 1 aromatic rings. The van der Waals surface area contributed by atoms with Crippen LogP contribution < -0.4 is 0 Å². The number of amides is 1. The predicted octanol–water partition coefficient (Wildman–Crippen LogP) is 2.78. The molecule has 102 valence electrons. The highest BCUT2D eigenvalue weighted by atomic mass is 32.2. The fourth-order valence-electron chi connectivity index (χ4n) is 1.75. The van der Waals surface area contributed by atoms with Crippen LogP contribution in [0, 0.1) is 0 Å². The number of furan rings is 1. The van der Waals surface area contributed by atoms with Crippen molar-refractivity contribution < 1.29 is 9.21 Å². The molecule has 0 aromatic carbocycles. The number of carbonyl (C=O) groups excluding carboxylic acids is 1. The van der Waals surface area contributed by atoms with Crippen LogP contribution in [0.1, 0.15) is 19.6 Å².